The number of benzene rings is 1. The molecular formula is C22H28N2O5. The standard InChI is InChI=1S/C22H28N2O5/c1-14(2)12-23-19(27)15-8-6-7-9-16(15)24-18(26)10-11-22(23,24)20(28)29-13-17(25)21(3,4)5/h6-9,14H,10-13H2,1-5H3. The Balaban J connectivity index is 2.06. The van der Waals surface area contributed by atoms with Gasteiger partial charge in [0.2, 0.25) is 11.6 Å². The molecule has 3 rings (SSSR count). The monoisotopic (exact) mass is 400 g/mol. The summed E-state index contributed by atoms with van der Waals surface area (Å²) in [4.78, 5) is 54.7. The summed E-state index contributed by atoms with van der Waals surface area (Å²) in [5, 5.41) is 0. The second-order valence-corrected chi connectivity index (χ2v) is 9.12. The van der Waals surface area contributed by atoms with Crippen molar-refractivity contribution >= 4 is 29.3 Å². The van der Waals surface area contributed by atoms with Gasteiger partial charge in [-0.2, -0.15) is 0 Å². The average Bonchev–Trinajstić information content (AvgIpc) is 3.00. The van der Waals surface area contributed by atoms with Gasteiger partial charge < -0.3 is 9.64 Å². The quantitative estimate of drug-likeness (QED) is 0.710. The summed E-state index contributed by atoms with van der Waals surface area (Å²) in [5.74, 6) is -1.43. The lowest BCUT2D eigenvalue weighted by Gasteiger charge is -2.48. The van der Waals surface area contributed by atoms with Crippen LogP contribution in [0.15, 0.2) is 24.3 Å². The van der Waals surface area contributed by atoms with E-state index in [1.165, 1.54) is 9.80 Å². The van der Waals surface area contributed by atoms with Crippen LogP contribution < -0.4 is 4.90 Å². The highest BCUT2D eigenvalue weighted by molar-refractivity contribution is 6.15. The molecule has 0 radical (unpaired) electrons. The largest absolute Gasteiger partial charge is 0.455 e. The van der Waals surface area contributed by atoms with Crippen LogP contribution in [0.3, 0.4) is 0 Å². The number of Topliss-reactive ketones (excluding diaryl/α,β-unsaturated/α-hetero) is 1. The maximum atomic E-state index is 13.4. The number of carbonyl (C=O) groups excluding carboxylic acids is 4. The van der Waals surface area contributed by atoms with Crippen LogP contribution in [0.1, 0.15) is 57.8 Å². The van der Waals surface area contributed by atoms with Crippen molar-refractivity contribution in [3.05, 3.63) is 29.8 Å². The van der Waals surface area contributed by atoms with Gasteiger partial charge in [-0.1, -0.05) is 46.8 Å². The summed E-state index contributed by atoms with van der Waals surface area (Å²) in [5.41, 5.74) is -1.41. The van der Waals surface area contributed by atoms with Gasteiger partial charge in [-0.3, -0.25) is 19.3 Å². The number of rotatable bonds is 5. The number of fused-ring (bicyclic) bond motifs is 3. The summed E-state index contributed by atoms with van der Waals surface area (Å²) >= 11 is 0. The molecule has 0 aliphatic carbocycles. The minimum Gasteiger partial charge on any atom is -0.455 e. The molecule has 1 saturated heterocycles. The Morgan fingerprint density at radius 3 is 2.45 bits per heavy atom. The zero-order valence-corrected chi connectivity index (χ0v) is 17.7. The topological polar surface area (TPSA) is 84.0 Å². The maximum Gasteiger partial charge on any atom is 0.354 e. The zero-order chi connectivity index (χ0) is 21.6. The first-order chi connectivity index (χ1) is 13.5. The molecule has 156 valence electrons. The average molecular weight is 400 g/mol. The first kappa shape index (κ1) is 21.0. The molecule has 0 spiro atoms. The number of esters is 1. The second-order valence-electron chi connectivity index (χ2n) is 9.12. The summed E-state index contributed by atoms with van der Waals surface area (Å²) < 4.78 is 5.42. The normalized spacial score (nSPS) is 21.3. The molecule has 2 amide bonds. The SMILES string of the molecule is CC(C)CN1C(=O)c2ccccc2N2C(=O)CCC12C(=O)OCC(=O)C(C)(C)C. The van der Waals surface area contributed by atoms with E-state index >= 15 is 0 Å². The highest BCUT2D eigenvalue weighted by Gasteiger charge is 2.62. The van der Waals surface area contributed by atoms with Crippen molar-refractivity contribution in [2.45, 2.75) is 53.1 Å². The Kier molecular flexibility index (Phi) is 5.28. The van der Waals surface area contributed by atoms with Crippen LogP contribution in [0.5, 0.6) is 0 Å². The van der Waals surface area contributed by atoms with Crippen LogP contribution in [-0.4, -0.2) is 47.3 Å². The van der Waals surface area contributed by atoms with E-state index in [4.69, 9.17) is 4.74 Å². The van der Waals surface area contributed by atoms with Crippen LogP contribution >= 0.6 is 0 Å². The highest BCUT2D eigenvalue weighted by atomic mass is 16.5. The number of hydrogen-bond donors (Lipinski definition) is 0. The fraction of sp³-hybridized carbons (Fsp3) is 0.545. The van der Waals surface area contributed by atoms with Gasteiger partial charge in [-0.25, -0.2) is 4.79 Å². The third kappa shape index (κ3) is 3.43. The lowest BCUT2D eigenvalue weighted by atomic mass is 9.91. The first-order valence-electron chi connectivity index (χ1n) is 9.94. The number of carbonyl (C=O) groups is 4. The molecule has 1 unspecified atom stereocenters. The van der Waals surface area contributed by atoms with Crippen LogP contribution in [0.4, 0.5) is 5.69 Å². The van der Waals surface area contributed by atoms with E-state index in [2.05, 4.69) is 0 Å². The van der Waals surface area contributed by atoms with Crippen molar-refractivity contribution in [2.75, 3.05) is 18.1 Å². The summed E-state index contributed by atoms with van der Waals surface area (Å²) in [6, 6.07) is 6.80. The van der Waals surface area contributed by atoms with Gasteiger partial charge in [0, 0.05) is 24.8 Å². The molecule has 0 N–H and O–H groups in total. The van der Waals surface area contributed by atoms with E-state index < -0.39 is 23.7 Å². The number of nitrogens with zero attached hydrogens (tertiary/aromatic N) is 2. The van der Waals surface area contributed by atoms with Crippen molar-refractivity contribution in [3.63, 3.8) is 0 Å². The van der Waals surface area contributed by atoms with Crippen molar-refractivity contribution in [2.24, 2.45) is 11.3 Å². The Morgan fingerprint density at radius 1 is 1.17 bits per heavy atom. The minimum atomic E-state index is -1.55. The van der Waals surface area contributed by atoms with Gasteiger partial charge in [0.15, 0.2) is 12.4 Å². The van der Waals surface area contributed by atoms with Crippen LogP contribution in [0.25, 0.3) is 0 Å². The van der Waals surface area contributed by atoms with Crippen LogP contribution in [-0.2, 0) is 19.1 Å². The third-order valence-electron chi connectivity index (χ3n) is 5.42. The van der Waals surface area contributed by atoms with Gasteiger partial charge in [-0.15, -0.1) is 0 Å². The highest BCUT2D eigenvalue weighted by Crippen LogP contribution is 2.45. The van der Waals surface area contributed by atoms with Gasteiger partial charge in [0.05, 0.1) is 11.3 Å². The Labute approximate surface area is 171 Å². The Hall–Kier alpha value is -2.70. The maximum absolute atomic E-state index is 13.4. The molecule has 2 aliphatic rings. The second kappa shape index (κ2) is 7.28. The third-order valence-corrected chi connectivity index (χ3v) is 5.42. The van der Waals surface area contributed by atoms with Gasteiger partial charge in [0.25, 0.3) is 5.91 Å². The van der Waals surface area contributed by atoms with E-state index in [1.54, 1.807) is 45.0 Å². The zero-order valence-electron chi connectivity index (χ0n) is 17.7. The number of amides is 2. The van der Waals surface area contributed by atoms with E-state index in [9.17, 15) is 19.2 Å². The van der Waals surface area contributed by atoms with Crippen molar-refractivity contribution in [3.8, 4) is 0 Å². The molecule has 0 saturated carbocycles. The number of hydrogen-bond acceptors (Lipinski definition) is 5. The molecule has 1 aromatic carbocycles. The molecule has 1 atom stereocenters. The molecule has 0 aromatic heterocycles. The molecule has 0 bridgehead atoms. The van der Waals surface area contributed by atoms with Crippen LogP contribution in [0, 0.1) is 11.3 Å². The molecule has 1 fully saturated rings. The fourth-order valence-electron chi connectivity index (χ4n) is 3.83. The van der Waals surface area contributed by atoms with Crippen LogP contribution in [0.2, 0.25) is 0 Å². The van der Waals surface area contributed by atoms with Crippen molar-refractivity contribution < 1.29 is 23.9 Å². The van der Waals surface area contributed by atoms with Gasteiger partial charge in [-0.05, 0) is 18.1 Å². The Morgan fingerprint density at radius 2 is 1.83 bits per heavy atom. The molecule has 2 aliphatic heterocycles. The predicted octanol–water partition coefficient (Wildman–Crippen LogP) is 2.78. The molecule has 7 nitrogen and oxygen atoms in total. The first-order valence-corrected chi connectivity index (χ1v) is 9.94. The molecule has 1 aromatic rings. The van der Waals surface area contributed by atoms with E-state index in [0.717, 1.165) is 0 Å². The lowest BCUT2D eigenvalue weighted by molar-refractivity contribution is -0.161. The summed E-state index contributed by atoms with van der Waals surface area (Å²) in [7, 11) is 0. The molecule has 29 heavy (non-hydrogen) atoms. The van der Waals surface area contributed by atoms with Crippen molar-refractivity contribution in [1.29, 1.82) is 0 Å². The Bertz CT molecular complexity index is 870. The smallest absolute Gasteiger partial charge is 0.354 e. The molecule has 2 heterocycles. The molecular weight excluding hydrogens is 372 g/mol. The van der Waals surface area contributed by atoms with E-state index in [0.29, 0.717) is 17.8 Å². The molecule has 7 heteroatoms. The fourth-order valence-corrected chi connectivity index (χ4v) is 3.83. The number of ether oxygens (including phenoxy) is 1. The number of para-hydroxylation sites is 1. The van der Waals surface area contributed by atoms with Crippen molar-refractivity contribution in [1.82, 2.24) is 4.90 Å². The van der Waals surface area contributed by atoms with E-state index in [-0.39, 0.29) is 36.4 Å². The summed E-state index contributed by atoms with van der Waals surface area (Å²) in [6.45, 7) is 9.03. The number of anilines is 1. The number of ketones is 1. The van der Waals surface area contributed by atoms with E-state index in [1.807, 2.05) is 13.8 Å². The lowest BCUT2D eigenvalue weighted by Crippen LogP contribution is -2.69. The van der Waals surface area contributed by atoms with Gasteiger partial charge in [0.1, 0.15) is 0 Å². The summed E-state index contributed by atoms with van der Waals surface area (Å²) in [6.07, 6.45) is 0.264. The predicted molar refractivity (Wildman–Crippen MR) is 107 cm³/mol. The van der Waals surface area contributed by atoms with Gasteiger partial charge >= 0.3 is 5.97 Å². The minimum absolute atomic E-state index is 0.0719.